The third-order valence-corrected chi connectivity index (χ3v) is 3.91. The molecule has 20 heavy (non-hydrogen) atoms. The van der Waals surface area contributed by atoms with Crippen LogP contribution < -0.4 is 4.90 Å². The SMILES string of the molecule is CC1C(=O)CCN(c2ccc(F)c(C(F)(F)F)c2)C1C. The summed E-state index contributed by atoms with van der Waals surface area (Å²) in [6.07, 6.45) is -4.43. The molecule has 2 rings (SSSR count). The van der Waals surface area contributed by atoms with Gasteiger partial charge in [-0.3, -0.25) is 4.79 Å². The lowest BCUT2D eigenvalue weighted by Crippen LogP contribution is -2.47. The molecule has 0 aliphatic carbocycles. The molecule has 0 saturated carbocycles. The lowest BCUT2D eigenvalue weighted by molar-refractivity contribution is -0.140. The van der Waals surface area contributed by atoms with Gasteiger partial charge in [0.25, 0.3) is 0 Å². The molecule has 0 amide bonds. The first-order chi connectivity index (χ1) is 9.21. The van der Waals surface area contributed by atoms with Crippen LogP contribution in [-0.2, 0) is 11.0 Å². The fourth-order valence-corrected chi connectivity index (χ4v) is 2.47. The lowest BCUT2D eigenvalue weighted by Gasteiger charge is -2.39. The number of piperidine rings is 1. The van der Waals surface area contributed by atoms with Crippen LogP contribution in [0.5, 0.6) is 0 Å². The van der Waals surface area contributed by atoms with Crippen molar-refractivity contribution in [3.8, 4) is 0 Å². The van der Waals surface area contributed by atoms with E-state index in [2.05, 4.69) is 0 Å². The Morgan fingerprint density at radius 2 is 1.90 bits per heavy atom. The zero-order valence-electron chi connectivity index (χ0n) is 11.2. The average Bonchev–Trinajstić information content (AvgIpc) is 2.36. The number of carbonyl (C=O) groups excluding carboxylic acids is 1. The molecule has 1 aromatic carbocycles. The van der Waals surface area contributed by atoms with Gasteiger partial charge in [0.15, 0.2) is 0 Å². The molecule has 0 radical (unpaired) electrons. The number of hydrogen-bond donors (Lipinski definition) is 0. The van der Waals surface area contributed by atoms with Crippen molar-refractivity contribution in [2.75, 3.05) is 11.4 Å². The number of halogens is 4. The maximum Gasteiger partial charge on any atom is 0.419 e. The van der Waals surface area contributed by atoms with Gasteiger partial charge in [0.2, 0.25) is 0 Å². The summed E-state index contributed by atoms with van der Waals surface area (Å²) in [5.74, 6) is -1.43. The molecule has 2 unspecified atom stereocenters. The van der Waals surface area contributed by atoms with Crippen LogP contribution in [0, 0.1) is 11.7 Å². The topological polar surface area (TPSA) is 20.3 Å². The van der Waals surface area contributed by atoms with Crippen molar-refractivity contribution in [1.29, 1.82) is 0 Å². The van der Waals surface area contributed by atoms with Crippen molar-refractivity contribution in [1.82, 2.24) is 0 Å². The third-order valence-electron chi connectivity index (χ3n) is 3.91. The van der Waals surface area contributed by atoms with Gasteiger partial charge in [0.1, 0.15) is 11.6 Å². The van der Waals surface area contributed by atoms with E-state index in [4.69, 9.17) is 0 Å². The summed E-state index contributed by atoms with van der Waals surface area (Å²) in [4.78, 5) is 13.3. The van der Waals surface area contributed by atoms with Crippen LogP contribution in [0.4, 0.5) is 23.2 Å². The van der Waals surface area contributed by atoms with Crippen molar-refractivity contribution in [2.24, 2.45) is 5.92 Å². The van der Waals surface area contributed by atoms with E-state index >= 15 is 0 Å². The van der Waals surface area contributed by atoms with E-state index in [9.17, 15) is 22.4 Å². The van der Waals surface area contributed by atoms with Crippen LogP contribution >= 0.6 is 0 Å². The number of ketones is 1. The van der Waals surface area contributed by atoms with Crippen molar-refractivity contribution in [2.45, 2.75) is 32.5 Å². The Kier molecular flexibility index (Phi) is 3.75. The predicted molar refractivity (Wildman–Crippen MR) is 67.0 cm³/mol. The van der Waals surface area contributed by atoms with Crippen LogP contribution in [0.1, 0.15) is 25.8 Å². The molecular formula is C14H15F4NO. The van der Waals surface area contributed by atoms with Crippen molar-refractivity contribution in [3.63, 3.8) is 0 Å². The Hall–Kier alpha value is -1.59. The number of rotatable bonds is 1. The minimum Gasteiger partial charge on any atom is -0.368 e. The van der Waals surface area contributed by atoms with Crippen molar-refractivity contribution < 1.29 is 22.4 Å². The summed E-state index contributed by atoms with van der Waals surface area (Å²) in [7, 11) is 0. The fraction of sp³-hybridized carbons (Fsp3) is 0.500. The Labute approximate surface area is 114 Å². The third kappa shape index (κ3) is 2.64. The van der Waals surface area contributed by atoms with Crippen molar-refractivity contribution in [3.05, 3.63) is 29.6 Å². The minimum atomic E-state index is -4.72. The smallest absolute Gasteiger partial charge is 0.368 e. The zero-order valence-corrected chi connectivity index (χ0v) is 11.2. The average molecular weight is 289 g/mol. The Morgan fingerprint density at radius 3 is 2.50 bits per heavy atom. The largest absolute Gasteiger partial charge is 0.419 e. The van der Waals surface area contributed by atoms with Gasteiger partial charge >= 0.3 is 6.18 Å². The van der Waals surface area contributed by atoms with E-state index in [0.717, 1.165) is 12.1 Å². The van der Waals surface area contributed by atoms with Gasteiger partial charge < -0.3 is 4.90 Å². The first kappa shape index (κ1) is 14.8. The maximum atomic E-state index is 13.3. The Bertz CT molecular complexity index is 526. The summed E-state index contributed by atoms with van der Waals surface area (Å²) in [6, 6.07) is 2.76. The number of anilines is 1. The molecule has 1 aliphatic rings. The van der Waals surface area contributed by atoms with Gasteiger partial charge in [-0.15, -0.1) is 0 Å². The van der Waals surface area contributed by atoms with Gasteiger partial charge in [-0.2, -0.15) is 13.2 Å². The Morgan fingerprint density at radius 1 is 1.25 bits per heavy atom. The monoisotopic (exact) mass is 289 g/mol. The predicted octanol–water partition coefficient (Wildman–Crippen LogP) is 3.65. The van der Waals surface area contributed by atoms with E-state index in [1.165, 1.54) is 6.07 Å². The highest BCUT2D eigenvalue weighted by Crippen LogP contribution is 2.35. The second kappa shape index (κ2) is 5.07. The minimum absolute atomic E-state index is 0.104. The van der Waals surface area contributed by atoms with Gasteiger partial charge in [0.05, 0.1) is 5.56 Å². The molecule has 1 fully saturated rings. The quantitative estimate of drug-likeness (QED) is 0.736. The molecule has 1 heterocycles. The highest BCUT2D eigenvalue weighted by atomic mass is 19.4. The van der Waals surface area contributed by atoms with Crippen LogP contribution in [0.3, 0.4) is 0 Å². The number of Topliss-reactive ketones (excluding diaryl/α,β-unsaturated/α-hetero) is 1. The van der Waals surface area contributed by atoms with E-state index in [0.29, 0.717) is 18.7 Å². The molecule has 0 N–H and O–H groups in total. The Balaban J connectivity index is 2.36. The highest BCUT2D eigenvalue weighted by molar-refractivity contribution is 5.84. The van der Waals surface area contributed by atoms with Crippen LogP contribution in [0.25, 0.3) is 0 Å². The summed E-state index contributed by atoms with van der Waals surface area (Å²) < 4.78 is 51.4. The number of nitrogens with zero attached hydrogens (tertiary/aromatic N) is 1. The molecule has 2 nitrogen and oxygen atoms in total. The fourth-order valence-electron chi connectivity index (χ4n) is 2.47. The molecule has 1 aromatic rings. The summed E-state index contributed by atoms with van der Waals surface area (Å²) >= 11 is 0. The molecule has 0 bridgehead atoms. The molecule has 0 spiro atoms. The van der Waals surface area contributed by atoms with Crippen LogP contribution in [0.15, 0.2) is 18.2 Å². The number of carbonyl (C=O) groups is 1. The summed E-state index contributed by atoms with van der Waals surface area (Å²) in [6.45, 7) is 3.90. The number of alkyl halides is 3. The number of hydrogen-bond acceptors (Lipinski definition) is 2. The summed E-state index contributed by atoms with van der Waals surface area (Å²) in [5.41, 5.74) is -0.975. The van der Waals surface area contributed by atoms with Crippen LogP contribution in [0.2, 0.25) is 0 Å². The number of benzene rings is 1. The molecule has 2 atom stereocenters. The van der Waals surface area contributed by atoms with Gasteiger partial charge in [-0.25, -0.2) is 4.39 Å². The second-order valence-electron chi connectivity index (χ2n) is 5.10. The highest BCUT2D eigenvalue weighted by Gasteiger charge is 2.36. The van der Waals surface area contributed by atoms with Crippen LogP contribution in [-0.4, -0.2) is 18.4 Å². The van der Waals surface area contributed by atoms with E-state index in [1.54, 1.807) is 18.7 Å². The first-order valence-electron chi connectivity index (χ1n) is 6.38. The van der Waals surface area contributed by atoms with E-state index in [1.807, 2.05) is 0 Å². The first-order valence-corrected chi connectivity index (χ1v) is 6.38. The lowest BCUT2D eigenvalue weighted by atomic mass is 9.90. The van der Waals surface area contributed by atoms with E-state index in [-0.39, 0.29) is 17.7 Å². The van der Waals surface area contributed by atoms with Crippen molar-refractivity contribution >= 4 is 11.5 Å². The van der Waals surface area contributed by atoms with E-state index < -0.39 is 17.6 Å². The molecule has 1 aliphatic heterocycles. The maximum absolute atomic E-state index is 13.3. The molecule has 0 aromatic heterocycles. The second-order valence-corrected chi connectivity index (χ2v) is 5.10. The summed E-state index contributed by atoms with van der Waals surface area (Å²) in [5, 5.41) is 0. The molecular weight excluding hydrogens is 274 g/mol. The van der Waals surface area contributed by atoms with Gasteiger partial charge in [0, 0.05) is 30.6 Å². The molecule has 6 heteroatoms. The zero-order chi connectivity index (χ0) is 15.1. The van der Waals surface area contributed by atoms with Gasteiger partial charge in [-0.1, -0.05) is 6.92 Å². The normalized spacial score (nSPS) is 24.1. The standard InChI is InChI=1S/C14H15F4NO/c1-8-9(2)19(6-5-13(8)20)10-3-4-12(15)11(7-10)14(16,17)18/h3-4,7-9H,5-6H2,1-2H3. The molecule has 1 saturated heterocycles. The molecule has 110 valence electrons. The van der Waals surface area contributed by atoms with Gasteiger partial charge in [-0.05, 0) is 25.1 Å².